The van der Waals surface area contributed by atoms with Gasteiger partial charge in [-0.15, -0.1) is 0 Å². The van der Waals surface area contributed by atoms with Crippen molar-refractivity contribution in [2.24, 2.45) is 0 Å². The van der Waals surface area contributed by atoms with Gasteiger partial charge in [0.15, 0.2) is 5.82 Å². The van der Waals surface area contributed by atoms with E-state index in [9.17, 15) is 4.79 Å². The highest BCUT2D eigenvalue weighted by atomic mass is 16.5. The molecule has 1 aliphatic rings. The molecule has 1 fully saturated rings. The molecular weight excluding hydrogens is 208 g/mol. The Morgan fingerprint density at radius 2 is 2.38 bits per heavy atom. The lowest BCUT2D eigenvalue weighted by molar-refractivity contribution is -0.122. The van der Waals surface area contributed by atoms with Gasteiger partial charge in [-0.05, 0) is 12.8 Å². The lowest BCUT2D eigenvalue weighted by Crippen LogP contribution is -2.17. The normalized spacial score (nSPS) is 21.3. The zero-order valence-electron chi connectivity index (χ0n) is 9.44. The van der Waals surface area contributed by atoms with Crippen LogP contribution >= 0.6 is 0 Å². The number of ketones is 1. The number of aromatic nitrogens is 2. The Labute approximate surface area is 94.2 Å². The Bertz CT molecular complexity index is 362. The van der Waals surface area contributed by atoms with E-state index in [1.807, 2.05) is 0 Å². The van der Waals surface area contributed by atoms with Crippen LogP contribution in [0.5, 0.6) is 0 Å². The molecule has 1 saturated carbocycles. The molecule has 5 heteroatoms. The fourth-order valence-corrected chi connectivity index (χ4v) is 1.95. The number of hydrogen-bond acceptors (Lipinski definition) is 5. The Morgan fingerprint density at radius 1 is 1.50 bits per heavy atom. The highest BCUT2D eigenvalue weighted by Gasteiger charge is 2.28. The third-order valence-electron chi connectivity index (χ3n) is 2.87. The summed E-state index contributed by atoms with van der Waals surface area (Å²) in [7, 11) is 1.63. The molecule has 5 nitrogen and oxygen atoms in total. The molecule has 1 unspecified atom stereocenters. The van der Waals surface area contributed by atoms with Gasteiger partial charge in [-0.25, -0.2) is 0 Å². The average molecular weight is 224 g/mol. The molecule has 16 heavy (non-hydrogen) atoms. The van der Waals surface area contributed by atoms with Crippen LogP contribution in [-0.4, -0.2) is 29.6 Å². The third-order valence-corrected chi connectivity index (χ3v) is 2.87. The van der Waals surface area contributed by atoms with E-state index in [0.717, 1.165) is 19.3 Å². The summed E-state index contributed by atoms with van der Waals surface area (Å²) in [5, 5.41) is 3.85. The van der Waals surface area contributed by atoms with Gasteiger partial charge in [-0.3, -0.25) is 4.79 Å². The van der Waals surface area contributed by atoms with Crippen molar-refractivity contribution in [1.29, 1.82) is 0 Å². The Kier molecular flexibility index (Phi) is 3.66. The Balaban J connectivity index is 2.02. The number of Topliss-reactive ketones (excluding diaryl/α,β-unsaturated/α-hetero) is 1. The smallest absolute Gasteiger partial charge is 0.237 e. The first-order valence-electron chi connectivity index (χ1n) is 5.65. The summed E-state index contributed by atoms with van der Waals surface area (Å²) >= 11 is 0. The second-order valence-corrected chi connectivity index (χ2v) is 4.06. The number of nitrogens with zero attached hydrogens (tertiary/aromatic N) is 2. The van der Waals surface area contributed by atoms with Gasteiger partial charge in [0, 0.05) is 20.0 Å². The van der Waals surface area contributed by atoms with Gasteiger partial charge in [-0.2, -0.15) is 4.98 Å². The summed E-state index contributed by atoms with van der Waals surface area (Å²) < 4.78 is 10.1. The summed E-state index contributed by atoms with van der Waals surface area (Å²) in [6.45, 7) is 0.567. The summed E-state index contributed by atoms with van der Waals surface area (Å²) in [5.74, 6) is 1.16. The number of rotatable bonds is 4. The summed E-state index contributed by atoms with van der Waals surface area (Å²) in [5.41, 5.74) is 0. The van der Waals surface area contributed by atoms with E-state index in [4.69, 9.17) is 9.26 Å². The first-order valence-corrected chi connectivity index (χ1v) is 5.65. The summed E-state index contributed by atoms with van der Waals surface area (Å²) in [4.78, 5) is 15.9. The fourth-order valence-electron chi connectivity index (χ4n) is 1.95. The number of hydrogen-bond donors (Lipinski definition) is 0. The SMILES string of the molecule is COCCc1noc(C2CCCCC2=O)n1. The molecule has 0 aromatic carbocycles. The molecule has 2 rings (SSSR count). The molecule has 1 aliphatic carbocycles. The maximum Gasteiger partial charge on any atom is 0.237 e. The van der Waals surface area contributed by atoms with Crippen LogP contribution in [0.3, 0.4) is 0 Å². The van der Waals surface area contributed by atoms with E-state index < -0.39 is 0 Å². The van der Waals surface area contributed by atoms with Crippen LogP contribution in [0.25, 0.3) is 0 Å². The molecule has 0 N–H and O–H groups in total. The Morgan fingerprint density at radius 3 is 3.12 bits per heavy atom. The molecule has 1 aromatic rings. The van der Waals surface area contributed by atoms with Crippen molar-refractivity contribution in [3.05, 3.63) is 11.7 Å². The van der Waals surface area contributed by atoms with Gasteiger partial charge in [0.1, 0.15) is 5.78 Å². The number of carbonyl (C=O) groups is 1. The van der Waals surface area contributed by atoms with E-state index >= 15 is 0 Å². The molecule has 0 radical (unpaired) electrons. The zero-order valence-corrected chi connectivity index (χ0v) is 9.44. The standard InChI is InChI=1S/C11H16N2O3/c1-15-7-6-10-12-11(16-13-10)8-4-2-3-5-9(8)14/h8H,2-7H2,1H3. The maximum absolute atomic E-state index is 11.7. The van der Waals surface area contributed by atoms with Crippen LogP contribution < -0.4 is 0 Å². The number of ether oxygens (including phenoxy) is 1. The maximum atomic E-state index is 11.7. The van der Waals surface area contributed by atoms with Crippen molar-refractivity contribution in [2.45, 2.75) is 38.0 Å². The lowest BCUT2D eigenvalue weighted by atomic mass is 9.88. The van der Waals surface area contributed by atoms with Gasteiger partial charge in [-0.1, -0.05) is 11.6 Å². The number of carbonyl (C=O) groups excluding carboxylic acids is 1. The highest BCUT2D eigenvalue weighted by Crippen LogP contribution is 2.28. The van der Waals surface area contributed by atoms with Crippen LogP contribution in [0.2, 0.25) is 0 Å². The third kappa shape index (κ3) is 2.47. The van der Waals surface area contributed by atoms with Crippen molar-refractivity contribution in [3.8, 4) is 0 Å². The Hall–Kier alpha value is -1.23. The van der Waals surface area contributed by atoms with Crippen LogP contribution in [0.4, 0.5) is 0 Å². The predicted molar refractivity (Wildman–Crippen MR) is 56.1 cm³/mol. The number of methoxy groups -OCH3 is 1. The predicted octanol–water partition coefficient (Wildman–Crippen LogP) is 1.49. The monoisotopic (exact) mass is 224 g/mol. The van der Waals surface area contributed by atoms with E-state index in [1.54, 1.807) is 7.11 Å². The van der Waals surface area contributed by atoms with Crippen LogP contribution in [0, 0.1) is 0 Å². The molecule has 1 heterocycles. The van der Waals surface area contributed by atoms with Gasteiger partial charge in [0.2, 0.25) is 5.89 Å². The van der Waals surface area contributed by atoms with Crippen LogP contribution in [0.1, 0.15) is 43.3 Å². The lowest BCUT2D eigenvalue weighted by Gasteiger charge is -2.16. The van der Waals surface area contributed by atoms with Gasteiger partial charge >= 0.3 is 0 Å². The van der Waals surface area contributed by atoms with Crippen LogP contribution in [0.15, 0.2) is 4.52 Å². The second-order valence-electron chi connectivity index (χ2n) is 4.06. The molecule has 0 amide bonds. The average Bonchev–Trinajstić information content (AvgIpc) is 2.75. The molecular formula is C11H16N2O3. The highest BCUT2D eigenvalue weighted by molar-refractivity contribution is 5.85. The molecule has 1 atom stereocenters. The minimum atomic E-state index is -0.169. The van der Waals surface area contributed by atoms with Crippen molar-refractivity contribution in [1.82, 2.24) is 10.1 Å². The molecule has 0 saturated heterocycles. The van der Waals surface area contributed by atoms with E-state index in [0.29, 0.717) is 31.2 Å². The zero-order chi connectivity index (χ0) is 11.4. The molecule has 0 bridgehead atoms. The van der Waals surface area contributed by atoms with E-state index in [2.05, 4.69) is 10.1 Å². The van der Waals surface area contributed by atoms with Crippen molar-refractivity contribution >= 4 is 5.78 Å². The van der Waals surface area contributed by atoms with E-state index in [-0.39, 0.29) is 11.7 Å². The van der Waals surface area contributed by atoms with Gasteiger partial charge in [0.05, 0.1) is 12.5 Å². The molecule has 88 valence electrons. The first kappa shape index (κ1) is 11.3. The van der Waals surface area contributed by atoms with Gasteiger partial charge < -0.3 is 9.26 Å². The van der Waals surface area contributed by atoms with Crippen molar-refractivity contribution < 1.29 is 14.1 Å². The summed E-state index contributed by atoms with van der Waals surface area (Å²) in [6.07, 6.45) is 4.15. The summed E-state index contributed by atoms with van der Waals surface area (Å²) in [6, 6.07) is 0. The topological polar surface area (TPSA) is 65.2 Å². The minimum absolute atomic E-state index is 0.169. The van der Waals surface area contributed by atoms with Crippen LogP contribution in [-0.2, 0) is 16.0 Å². The molecule has 0 spiro atoms. The molecule has 0 aliphatic heterocycles. The second kappa shape index (κ2) is 5.21. The largest absolute Gasteiger partial charge is 0.384 e. The quantitative estimate of drug-likeness (QED) is 0.775. The van der Waals surface area contributed by atoms with Gasteiger partial charge in [0.25, 0.3) is 0 Å². The fraction of sp³-hybridized carbons (Fsp3) is 0.727. The minimum Gasteiger partial charge on any atom is -0.384 e. The van der Waals surface area contributed by atoms with E-state index in [1.165, 1.54) is 0 Å². The molecule has 1 aromatic heterocycles. The van der Waals surface area contributed by atoms with Crippen molar-refractivity contribution in [3.63, 3.8) is 0 Å². The van der Waals surface area contributed by atoms with Crippen molar-refractivity contribution in [2.75, 3.05) is 13.7 Å². The first-order chi connectivity index (χ1) is 7.81.